The van der Waals surface area contributed by atoms with E-state index in [2.05, 4.69) is 72.2 Å². The molecule has 0 bridgehead atoms. The fraction of sp³-hybridized carbons (Fsp3) is 0.538. The smallest absolute Gasteiger partial charge is 0.0440 e. The van der Waals surface area contributed by atoms with Crippen LogP contribution in [0.1, 0.15) is 64.2 Å². The predicted octanol–water partition coefficient (Wildman–Crippen LogP) is 6.61. The topological polar surface area (TPSA) is 6.48 Å². The van der Waals surface area contributed by atoms with E-state index in [1.165, 1.54) is 86.3 Å². The lowest BCUT2D eigenvalue weighted by Crippen LogP contribution is -2.40. The normalized spacial score (nSPS) is 19.3. The second kappa shape index (κ2) is 10.1. The van der Waals surface area contributed by atoms with E-state index >= 15 is 0 Å². The molecule has 2 aliphatic rings. The third kappa shape index (κ3) is 5.04. The first-order valence-corrected chi connectivity index (χ1v) is 12.6. The molecule has 1 atom stereocenters. The molecule has 0 amide bonds. The molecule has 0 aromatic heterocycles. The van der Waals surface area contributed by atoms with E-state index in [0.29, 0.717) is 0 Å². The van der Waals surface area contributed by atoms with Crippen molar-refractivity contribution in [3.63, 3.8) is 0 Å². The van der Waals surface area contributed by atoms with E-state index in [1.54, 1.807) is 0 Å². The van der Waals surface area contributed by atoms with Crippen molar-refractivity contribution in [1.29, 1.82) is 0 Å². The average Bonchev–Trinajstić information content (AvgIpc) is 2.79. The van der Waals surface area contributed by atoms with Crippen LogP contribution in [-0.2, 0) is 0 Å². The van der Waals surface area contributed by atoms with Gasteiger partial charge in [0, 0.05) is 37.4 Å². The van der Waals surface area contributed by atoms with Gasteiger partial charge in [-0.25, -0.2) is 0 Å². The molecule has 0 heterocycles. The molecule has 0 radical (unpaired) electrons. The largest absolute Gasteiger partial charge is 0.377 e. The summed E-state index contributed by atoms with van der Waals surface area (Å²) < 4.78 is 2.95. The molecular formula is C26H37N2P. The highest BCUT2D eigenvalue weighted by Crippen LogP contribution is 2.40. The van der Waals surface area contributed by atoms with Crippen molar-refractivity contribution < 1.29 is 0 Å². The van der Waals surface area contributed by atoms with Gasteiger partial charge in [-0.2, -0.15) is 0 Å². The summed E-state index contributed by atoms with van der Waals surface area (Å²) in [6.45, 7) is 0. The van der Waals surface area contributed by atoms with Crippen molar-refractivity contribution in [2.45, 2.75) is 76.3 Å². The highest BCUT2D eigenvalue weighted by Gasteiger charge is 2.29. The third-order valence-electron chi connectivity index (χ3n) is 6.79. The summed E-state index contributed by atoms with van der Waals surface area (Å²) in [6.07, 6.45) is 14.2. The number of hydrogen-bond acceptors (Lipinski definition) is 2. The molecule has 1 unspecified atom stereocenters. The molecule has 156 valence electrons. The SMILES string of the molecule is CN(C)c1ccccc1-c1ccccc1PN(C1CCCCC1)C1CCCCC1. The van der Waals surface area contributed by atoms with Crippen LogP contribution in [0.2, 0.25) is 0 Å². The zero-order chi connectivity index (χ0) is 20.1. The monoisotopic (exact) mass is 408 g/mol. The summed E-state index contributed by atoms with van der Waals surface area (Å²) in [5, 5.41) is 1.53. The van der Waals surface area contributed by atoms with Gasteiger partial charge in [0.1, 0.15) is 0 Å². The van der Waals surface area contributed by atoms with Gasteiger partial charge >= 0.3 is 0 Å². The van der Waals surface area contributed by atoms with Gasteiger partial charge < -0.3 is 4.90 Å². The Hall–Kier alpha value is -1.37. The van der Waals surface area contributed by atoms with Crippen LogP contribution >= 0.6 is 8.73 Å². The molecule has 2 aromatic carbocycles. The number of rotatable bonds is 6. The number of anilines is 1. The van der Waals surface area contributed by atoms with Gasteiger partial charge in [0.05, 0.1) is 0 Å². The summed E-state index contributed by atoms with van der Waals surface area (Å²) in [6, 6.07) is 19.6. The van der Waals surface area contributed by atoms with Crippen LogP contribution in [0.4, 0.5) is 5.69 Å². The lowest BCUT2D eigenvalue weighted by atomic mass is 9.91. The molecule has 0 spiro atoms. The molecular weight excluding hydrogens is 371 g/mol. The lowest BCUT2D eigenvalue weighted by molar-refractivity contribution is 0.182. The Bertz CT molecular complexity index is 758. The van der Waals surface area contributed by atoms with Crippen LogP contribution in [0.25, 0.3) is 11.1 Å². The summed E-state index contributed by atoms with van der Waals surface area (Å²) in [5.74, 6) is 0. The first kappa shape index (κ1) is 20.9. The number of para-hydroxylation sites is 1. The summed E-state index contributed by atoms with van der Waals surface area (Å²) >= 11 is 0. The maximum Gasteiger partial charge on any atom is 0.0440 e. The van der Waals surface area contributed by atoms with Crippen LogP contribution < -0.4 is 10.2 Å². The van der Waals surface area contributed by atoms with Gasteiger partial charge in [0.15, 0.2) is 0 Å². The summed E-state index contributed by atoms with van der Waals surface area (Å²) in [4.78, 5) is 2.25. The van der Waals surface area contributed by atoms with Gasteiger partial charge in [0.2, 0.25) is 0 Å². The zero-order valence-electron chi connectivity index (χ0n) is 18.2. The molecule has 2 saturated carbocycles. The fourth-order valence-corrected chi connectivity index (χ4v) is 6.91. The molecule has 2 aromatic rings. The molecule has 29 heavy (non-hydrogen) atoms. The van der Waals surface area contributed by atoms with Crippen molar-refractivity contribution >= 4 is 19.7 Å². The molecule has 0 N–H and O–H groups in total. The molecule has 0 aliphatic heterocycles. The molecule has 2 aliphatic carbocycles. The van der Waals surface area contributed by atoms with Gasteiger partial charge in [-0.1, -0.05) is 81.0 Å². The van der Waals surface area contributed by atoms with Gasteiger partial charge in [-0.05, 0) is 51.3 Å². The van der Waals surface area contributed by atoms with Gasteiger partial charge in [-0.3, -0.25) is 4.67 Å². The van der Waals surface area contributed by atoms with Gasteiger partial charge in [-0.15, -0.1) is 0 Å². The third-order valence-corrected chi connectivity index (χ3v) is 8.45. The molecule has 3 heteroatoms. The van der Waals surface area contributed by atoms with Crippen LogP contribution in [0.5, 0.6) is 0 Å². The minimum Gasteiger partial charge on any atom is -0.377 e. The Morgan fingerprint density at radius 3 is 1.76 bits per heavy atom. The summed E-state index contributed by atoms with van der Waals surface area (Å²) in [5.41, 5.74) is 4.10. The highest BCUT2D eigenvalue weighted by molar-refractivity contribution is 7.45. The lowest BCUT2D eigenvalue weighted by Gasteiger charge is -2.41. The van der Waals surface area contributed by atoms with E-state index in [1.807, 2.05) is 0 Å². The average molecular weight is 409 g/mol. The second-order valence-electron chi connectivity index (χ2n) is 9.06. The number of benzene rings is 2. The Kier molecular flexibility index (Phi) is 7.27. The van der Waals surface area contributed by atoms with Crippen molar-refractivity contribution in [3.05, 3.63) is 48.5 Å². The van der Waals surface area contributed by atoms with Crippen LogP contribution in [0.3, 0.4) is 0 Å². The minimum atomic E-state index is 0.786. The van der Waals surface area contributed by atoms with Crippen molar-refractivity contribution in [2.75, 3.05) is 19.0 Å². The quantitative estimate of drug-likeness (QED) is 0.497. The zero-order valence-corrected chi connectivity index (χ0v) is 19.2. The van der Waals surface area contributed by atoms with Crippen LogP contribution in [0.15, 0.2) is 48.5 Å². The Morgan fingerprint density at radius 1 is 0.655 bits per heavy atom. The van der Waals surface area contributed by atoms with E-state index in [-0.39, 0.29) is 0 Å². The van der Waals surface area contributed by atoms with E-state index in [9.17, 15) is 0 Å². The standard InChI is InChI=1S/C26H37N2P/c1-27(2)25-19-11-9-17-23(25)24-18-10-12-20-26(24)29-28(21-13-5-3-6-14-21)22-15-7-4-8-16-22/h9-12,17-22,29H,3-8,13-16H2,1-2H3. The highest BCUT2D eigenvalue weighted by atomic mass is 31.1. The number of nitrogens with zero attached hydrogens (tertiary/aromatic N) is 2. The van der Waals surface area contributed by atoms with Crippen LogP contribution in [0, 0.1) is 0 Å². The minimum absolute atomic E-state index is 0.786. The van der Waals surface area contributed by atoms with E-state index in [0.717, 1.165) is 20.8 Å². The van der Waals surface area contributed by atoms with Crippen LogP contribution in [-0.4, -0.2) is 30.8 Å². The Balaban J connectivity index is 1.66. The first-order chi connectivity index (χ1) is 14.2. The molecule has 0 saturated heterocycles. The van der Waals surface area contributed by atoms with Crippen molar-refractivity contribution in [3.8, 4) is 11.1 Å². The Labute approximate surface area is 179 Å². The molecule has 4 rings (SSSR count). The first-order valence-electron chi connectivity index (χ1n) is 11.6. The number of hydrogen-bond donors (Lipinski definition) is 0. The fourth-order valence-electron chi connectivity index (χ4n) is 5.25. The Morgan fingerprint density at radius 2 is 1.17 bits per heavy atom. The van der Waals surface area contributed by atoms with Crippen molar-refractivity contribution in [2.24, 2.45) is 0 Å². The van der Waals surface area contributed by atoms with Crippen molar-refractivity contribution in [1.82, 2.24) is 4.67 Å². The molecule has 2 fully saturated rings. The van der Waals surface area contributed by atoms with E-state index < -0.39 is 0 Å². The maximum absolute atomic E-state index is 2.95. The van der Waals surface area contributed by atoms with E-state index in [4.69, 9.17) is 0 Å². The second-order valence-corrected chi connectivity index (χ2v) is 10.3. The molecule has 2 nitrogen and oxygen atoms in total. The van der Waals surface area contributed by atoms with Gasteiger partial charge in [0.25, 0.3) is 0 Å². The predicted molar refractivity (Wildman–Crippen MR) is 130 cm³/mol. The summed E-state index contributed by atoms with van der Waals surface area (Å²) in [7, 11) is 5.09. The maximum atomic E-state index is 2.95.